The summed E-state index contributed by atoms with van der Waals surface area (Å²) in [5.74, 6) is -0.875. The van der Waals surface area contributed by atoms with Crippen molar-refractivity contribution in [1.29, 1.82) is 0 Å². The van der Waals surface area contributed by atoms with Crippen LogP contribution in [0.15, 0.2) is 24.3 Å². The number of nitrogens with zero attached hydrogens (tertiary/aromatic N) is 2. The van der Waals surface area contributed by atoms with Gasteiger partial charge in [0.2, 0.25) is 0 Å². The molecule has 0 saturated carbocycles. The van der Waals surface area contributed by atoms with E-state index in [4.69, 9.17) is 9.47 Å². The third-order valence-electron chi connectivity index (χ3n) is 3.73. The van der Waals surface area contributed by atoms with Crippen molar-refractivity contribution in [3.05, 3.63) is 41.2 Å². The summed E-state index contributed by atoms with van der Waals surface area (Å²) in [6.07, 6.45) is 0. The first-order chi connectivity index (χ1) is 12.3. The van der Waals surface area contributed by atoms with E-state index in [1.807, 2.05) is 6.92 Å². The van der Waals surface area contributed by atoms with Crippen molar-refractivity contribution < 1.29 is 23.9 Å². The Balaban J connectivity index is 1.80. The zero-order chi connectivity index (χ0) is 19.3. The van der Waals surface area contributed by atoms with Crippen LogP contribution in [0.2, 0.25) is 0 Å². The van der Waals surface area contributed by atoms with Crippen molar-refractivity contribution in [2.75, 3.05) is 18.5 Å². The van der Waals surface area contributed by atoms with Crippen LogP contribution in [0.4, 0.5) is 5.69 Å². The van der Waals surface area contributed by atoms with E-state index in [-0.39, 0.29) is 12.4 Å². The van der Waals surface area contributed by atoms with Gasteiger partial charge in [-0.3, -0.25) is 14.3 Å². The summed E-state index contributed by atoms with van der Waals surface area (Å²) in [6.45, 7) is 4.25. The highest BCUT2D eigenvalue weighted by Gasteiger charge is 2.14. The molecule has 0 fully saturated rings. The third kappa shape index (κ3) is 4.92. The number of esters is 1. The summed E-state index contributed by atoms with van der Waals surface area (Å²) in [6, 6.07) is 6.47. The fourth-order valence-corrected chi connectivity index (χ4v) is 2.26. The van der Waals surface area contributed by atoms with Crippen LogP contribution < -0.4 is 10.1 Å². The lowest BCUT2D eigenvalue weighted by Gasteiger charge is -2.08. The molecule has 0 aliphatic heterocycles. The second-order valence-corrected chi connectivity index (χ2v) is 5.75. The Kier molecular flexibility index (Phi) is 6.11. The van der Waals surface area contributed by atoms with Gasteiger partial charge in [0.1, 0.15) is 5.75 Å². The van der Waals surface area contributed by atoms with Crippen molar-refractivity contribution in [2.24, 2.45) is 7.05 Å². The van der Waals surface area contributed by atoms with E-state index < -0.39 is 18.5 Å². The summed E-state index contributed by atoms with van der Waals surface area (Å²) in [5, 5.41) is 6.86. The fraction of sp³-hybridized carbons (Fsp3) is 0.333. The van der Waals surface area contributed by atoms with E-state index >= 15 is 0 Å². The molecule has 1 aromatic heterocycles. The second-order valence-electron chi connectivity index (χ2n) is 5.75. The Morgan fingerprint density at radius 2 is 1.92 bits per heavy atom. The predicted molar refractivity (Wildman–Crippen MR) is 94.2 cm³/mol. The van der Waals surface area contributed by atoms with Crippen LogP contribution in [0, 0.1) is 13.8 Å². The Morgan fingerprint density at radius 1 is 1.19 bits per heavy atom. The molecule has 1 aromatic carbocycles. The van der Waals surface area contributed by atoms with Gasteiger partial charge in [-0.15, -0.1) is 0 Å². The Labute approximate surface area is 151 Å². The quantitative estimate of drug-likeness (QED) is 0.598. The molecule has 0 saturated heterocycles. The minimum absolute atomic E-state index is 0.101. The van der Waals surface area contributed by atoms with Gasteiger partial charge in [0.05, 0.1) is 17.1 Å². The van der Waals surface area contributed by atoms with Crippen LogP contribution in [-0.4, -0.2) is 40.7 Å². The number of carbonyl (C=O) groups excluding carboxylic acids is 3. The van der Waals surface area contributed by atoms with Crippen LogP contribution in [0.1, 0.15) is 28.7 Å². The molecule has 2 rings (SSSR count). The molecule has 138 valence electrons. The van der Waals surface area contributed by atoms with Gasteiger partial charge in [-0.2, -0.15) is 5.10 Å². The highest BCUT2D eigenvalue weighted by atomic mass is 16.6. The van der Waals surface area contributed by atoms with Crippen molar-refractivity contribution >= 4 is 23.3 Å². The van der Waals surface area contributed by atoms with Crippen molar-refractivity contribution in [3.8, 4) is 5.75 Å². The van der Waals surface area contributed by atoms with E-state index in [0.717, 1.165) is 5.69 Å². The van der Waals surface area contributed by atoms with Gasteiger partial charge in [0.15, 0.2) is 19.0 Å². The third-order valence-corrected chi connectivity index (χ3v) is 3.73. The molecule has 2 aromatic rings. The number of benzene rings is 1. The Morgan fingerprint density at radius 3 is 2.54 bits per heavy atom. The zero-order valence-corrected chi connectivity index (χ0v) is 15.2. The smallest absolute Gasteiger partial charge is 0.344 e. The van der Waals surface area contributed by atoms with Gasteiger partial charge < -0.3 is 14.8 Å². The van der Waals surface area contributed by atoms with Crippen LogP contribution in [-0.2, 0) is 21.4 Å². The molecule has 0 spiro atoms. The first kappa shape index (κ1) is 19.2. The molecule has 0 unspecified atom stereocenters. The number of carbonyl (C=O) groups is 3. The van der Waals surface area contributed by atoms with Crippen LogP contribution in [0.3, 0.4) is 0 Å². The maximum absolute atomic E-state index is 11.9. The van der Waals surface area contributed by atoms with Crippen LogP contribution in [0.25, 0.3) is 0 Å². The molecular formula is C18H21N3O5. The lowest BCUT2D eigenvalue weighted by molar-refractivity contribution is -0.149. The Hall–Kier alpha value is -3.16. The molecule has 1 heterocycles. The number of Topliss-reactive ketones (excluding diaryl/α,β-unsaturated/α-hetero) is 1. The molecule has 0 bridgehead atoms. The van der Waals surface area contributed by atoms with Gasteiger partial charge >= 0.3 is 5.97 Å². The number of rotatable bonds is 7. The number of hydrogen-bond acceptors (Lipinski definition) is 6. The average molecular weight is 359 g/mol. The van der Waals surface area contributed by atoms with Gasteiger partial charge in [0.25, 0.3) is 5.91 Å². The number of anilines is 1. The van der Waals surface area contributed by atoms with Crippen molar-refractivity contribution in [1.82, 2.24) is 9.78 Å². The summed E-state index contributed by atoms with van der Waals surface area (Å²) in [7, 11) is 1.77. The summed E-state index contributed by atoms with van der Waals surface area (Å²) in [4.78, 5) is 35.0. The Bertz CT molecular complexity index is 841. The van der Waals surface area contributed by atoms with Crippen LogP contribution >= 0.6 is 0 Å². The average Bonchev–Trinajstić information content (AvgIpc) is 2.84. The SMILES string of the molecule is CC(=O)c1cccc(OCC(=O)OCC(=O)Nc2c(C)nn(C)c2C)c1. The number of aryl methyl sites for hydroxylation is 2. The molecule has 8 nitrogen and oxygen atoms in total. The maximum Gasteiger partial charge on any atom is 0.344 e. The van der Waals surface area contributed by atoms with Gasteiger partial charge in [-0.25, -0.2) is 4.79 Å². The summed E-state index contributed by atoms with van der Waals surface area (Å²) < 4.78 is 11.8. The van der Waals surface area contributed by atoms with Gasteiger partial charge in [-0.1, -0.05) is 12.1 Å². The molecule has 0 aliphatic rings. The molecule has 1 amide bonds. The van der Waals surface area contributed by atoms with Crippen molar-refractivity contribution in [3.63, 3.8) is 0 Å². The monoisotopic (exact) mass is 359 g/mol. The van der Waals surface area contributed by atoms with E-state index in [0.29, 0.717) is 22.7 Å². The number of ether oxygens (including phenoxy) is 2. The van der Waals surface area contributed by atoms with Gasteiger partial charge in [0, 0.05) is 12.6 Å². The molecule has 0 aliphatic carbocycles. The van der Waals surface area contributed by atoms with Crippen LogP contribution in [0.5, 0.6) is 5.75 Å². The molecule has 26 heavy (non-hydrogen) atoms. The van der Waals surface area contributed by atoms with E-state index in [1.54, 1.807) is 36.9 Å². The standard InChI is InChI=1S/C18H21N3O5/c1-11-18(12(2)21(4)20-11)19-16(23)9-26-17(24)10-25-15-7-5-6-14(8-15)13(3)22/h5-8H,9-10H2,1-4H3,(H,19,23). The highest BCUT2D eigenvalue weighted by Crippen LogP contribution is 2.18. The number of nitrogens with one attached hydrogen (secondary N) is 1. The largest absolute Gasteiger partial charge is 0.482 e. The minimum atomic E-state index is -0.687. The summed E-state index contributed by atoms with van der Waals surface area (Å²) >= 11 is 0. The van der Waals surface area contributed by atoms with Gasteiger partial charge in [-0.05, 0) is 32.9 Å². The molecular weight excluding hydrogens is 338 g/mol. The molecule has 0 atom stereocenters. The topological polar surface area (TPSA) is 99.5 Å². The maximum atomic E-state index is 11.9. The number of amides is 1. The van der Waals surface area contributed by atoms with E-state index in [9.17, 15) is 14.4 Å². The number of ketones is 1. The summed E-state index contributed by atoms with van der Waals surface area (Å²) in [5.41, 5.74) is 2.57. The molecule has 1 N–H and O–H groups in total. The van der Waals surface area contributed by atoms with E-state index in [2.05, 4.69) is 10.4 Å². The lowest BCUT2D eigenvalue weighted by atomic mass is 10.1. The first-order valence-electron chi connectivity index (χ1n) is 7.97. The number of hydrogen-bond donors (Lipinski definition) is 1. The molecule has 0 radical (unpaired) electrons. The number of aromatic nitrogens is 2. The normalized spacial score (nSPS) is 10.3. The zero-order valence-electron chi connectivity index (χ0n) is 15.2. The second kappa shape index (κ2) is 8.28. The predicted octanol–water partition coefficient (Wildman–Crippen LogP) is 1.80. The fourth-order valence-electron chi connectivity index (χ4n) is 2.26. The lowest BCUT2D eigenvalue weighted by Crippen LogP contribution is -2.24. The van der Waals surface area contributed by atoms with Crippen molar-refractivity contribution in [2.45, 2.75) is 20.8 Å². The first-order valence-corrected chi connectivity index (χ1v) is 7.97. The van der Waals surface area contributed by atoms with E-state index in [1.165, 1.54) is 13.0 Å². The molecule has 8 heteroatoms. The minimum Gasteiger partial charge on any atom is -0.482 e. The highest BCUT2D eigenvalue weighted by molar-refractivity contribution is 5.94.